The van der Waals surface area contributed by atoms with E-state index in [0.717, 1.165) is 5.56 Å². The Morgan fingerprint density at radius 1 is 1.29 bits per heavy atom. The summed E-state index contributed by atoms with van der Waals surface area (Å²) in [6.07, 6.45) is -0.821. The molecule has 0 fully saturated rings. The first-order valence-electron chi connectivity index (χ1n) is 6.53. The van der Waals surface area contributed by atoms with Gasteiger partial charge in [-0.3, -0.25) is 0 Å². The van der Waals surface area contributed by atoms with E-state index in [0.29, 0.717) is 16.3 Å². The van der Waals surface area contributed by atoms with Crippen LogP contribution in [0.2, 0.25) is 5.02 Å². The number of hydrogen-bond acceptors (Lipinski definition) is 3. The molecule has 2 aromatic carbocycles. The second-order valence-corrected chi connectivity index (χ2v) is 5.20. The first kappa shape index (κ1) is 15.6. The number of hydrogen-bond donors (Lipinski definition) is 2. The molecule has 112 valence electrons. The Labute approximate surface area is 128 Å². The number of rotatable bonds is 5. The predicted octanol–water partition coefficient (Wildman–Crippen LogP) is 3.94. The molecule has 0 aliphatic carbocycles. The van der Waals surface area contributed by atoms with Crippen molar-refractivity contribution in [2.45, 2.75) is 13.0 Å². The van der Waals surface area contributed by atoms with E-state index in [2.05, 4.69) is 5.32 Å². The minimum atomic E-state index is -0.821. The zero-order chi connectivity index (χ0) is 15.4. The number of aliphatic hydroxyl groups excluding tert-OH is 1. The van der Waals surface area contributed by atoms with Crippen molar-refractivity contribution in [2.75, 3.05) is 19.0 Å². The molecule has 2 rings (SSSR count). The quantitative estimate of drug-likeness (QED) is 0.879. The van der Waals surface area contributed by atoms with Crippen molar-refractivity contribution in [1.29, 1.82) is 0 Å². The summed E-state index contributed by atoms with van der Waals surface area (Å²) in [7, 11) is 1.55. The molecule has 0 saturated carbocycles. The lowest BCUT2D eigenvalue weighted by Crippen LogP contribution is -2.14. The van der Waals surface area contributed by atoms with Gasteiger partial charge in [0.1, 0.15) is 11.6 Å². The average molecular weight is 310 g/mol. The minimum absolute atomic E-state index is 0.150. The van der Waals surface area contributed by atoms with Crippen LogP contribution >= 0.6 is 11.6 Å². The average Bonchev–Trinajstić information content (AvgIpc) is 2.47. The van der Waals surface area contributed by atoms with Crippen LogP contribution in [-0.4, -0.2) is 18.8 Å². The van der Waals surface area contributed by atoms with Gasteiger partial charge in [-0.05, 0) is 37.3 Å². The Kier molecular flexibility index (Phi) is 5.04. The number of aliphatic hydroxyl groups is 1. The molecule has 0 aromatic heterocycles. The highest BCUT2D eigenvalue weighted by Crippen LogP contribution is 2.27. The zero-order valence-electron chi connectivity index (χ0n) is 11.9. The van der Waals surface area contributed by atoms with Crippen LogP contribution in [0.1, 0.15) is 17.2 Å². The molecule has 21 heavy (non-hydrogen) atoms. The maximum Gasteiger partial charge on any atom is 0.146 e. The number of halogens is 2. The van der Waals surface area contributed by atoms with Crippen LogP contribution in [0, 0.1) is 12.7 Å². The molecule has 0 amide bonds. The molecular formula is C16H17ClFNO2. The van der Waals surface area contributed by atoms with Gasteiger partial charge in [-0.2, -0.15) is 0 Å². The molecule has 0 heterocycles. The van der Waals surface area contributed by atoms with Gasteiger partial charge in [0.25, 0.3) is 0 Å². The number of anilines is 1. The molecule has 0 saturated heterocycles. The van der Waals surface area contributed by atoms with E-state index in [1.165, 1.54) is 18.2 Å². The second kappa shape index (κ2) is 6.78. The summed E-state index contributed by atoms with van der Waals surface area (Å²) in [5, 5.41) is 13.6. The molecule has 0 spiro atoms. The highest BCUT2D eigenvalue weighted by molar-refractivity contribution is 6.30. The molecule has 0 radical (unpaired) electrons. The highest BCUT2D eigenvalue weighted by atomic mass is 35.5. The van der Waals surface area contributed by atoms with Crippen LogP contribution in [0.4, 0.5) is 10.1 Å². The molecule has 0 aliphatic rings. The van der Waals surface area contributed by atoms with E-state index < -0.39 is 11.9 Å². The lowest BCUT2D eigenvalue weighted by Gasteiger charge is -2.17. The lowest BCUT2D eigenvalue weighted by atomic mass is 10.0. The fraction of sp³-hybridized carbons (Fsp3) is 0.250. The number of ether oxygens (including phenoxy) is 1. The molecule has 1 unspecified atom stereocenters. The summed E-state index contributed by atoms with van der Waals surface area (Å²) < 4.78 is 18.8. The van der Waals surface area contributed by atoms with Gasteiger partial charge in [-0.25, -0.2) is 4.39 Å². The summed E-state index contributed by atoms with van der Waals surface area (Å²) in [5.41, 5.74) is 1.93. The van der Waals surface area contributed by atoms with E-state index in [1.807, 2.05) is 19.1 Å². The van der Waals surface area contributed by atoms with E-state index in [4.69, 9.17) is 16.3 Å². The van der Waals surface area contributed by atoms with Crippen molar-refractivity contribution in [3.05, 3.63) is 58.4 Å². The number of aryl methyl sites for hydroxylation is 1. The van der Waals surface area contributed by atoms with Gasteiger partial charge >= 0.3 is 0 Å². The molecule has 0 bridgehead atoms. The SMILES string of the molecule is COc1ccc(C)cc1C(O)CNc1cc(Cl)ccc1F. The molecule has 1 atom stereocenters. The van der Waals surface area contributed by atoms with Crippen molar-refractivity contribution in [1.82, 2.24) is 0 Å². The van der Waals surface area contributed by atoms with Gasteiger partial charge in [0.05, 0.1) is 18.9 Å². The van der Waals surface area contributed by atoms with E-state index in [1.54, 1.807) is 13.2 Å². The third-order valence-electron chi connectivity index (χ3n) is 3.16. The van der Waals surface area contributed by atoms with E-state index in [-0.39, 0.29) is 12.2 Å². The lowest BCUT2D eigenvalue weighted by molar-refractivity contribution is 0.186. The third kappa shape index (κ3) is 3.86. The molecular weight excluding hydrogens is 293 g/mol. The summed E-state index contributed by atoms with van der Waals surface area (Å²) >= 11 is 5.83. The van der Waals surface area contributed by atoms with Crippen molar-refractivity contribution >= 4 is 17.3 Å². The molecule has 2 N–H and O–H groups in total. The molecule has 2 aromatic rings. The van der Waals surface area contributed by atoms with Crippen LogP contribution in [-0.2, 0) is 0 Å². The van der Waals surface area contributed by atoms with Gasteiger partial charge < -0.3 is 15.2 Å². The Bertz CT molecular complexity index is 634. The predicted molar refractivity (Wildman–Crippen MR) is 82.6 cm³/mol. The second-order valence-electron chi connectivity index (χ2n) is 4.77. The minimum Gasteiger partial charge on any atom is -0.496 e. The highest BCUT2D eigenvalue weighted by Gasteiger charge is 2.14. The van der Waals surface area contributed by atoms with Crippen molar-refractivity contribution in [3.63, 3.8) is 0 Å². The summed E-state index contributed by atoms with van der Waals surface area (Å²) in [6, 6.07) is 9.79. The Balaban J connectivity index is 2.13. The summed E-state index contributed by atoms with van der Waals surface area (Å²) in [5.74, 6) is 0.185. The Morgan fingerprint density at radius 2 is 2.05 bits per heavy atom. The molecule has 0 aliphatic heterocycles. The smallest absolute Gasteiger partial charge is 0.146 e. The first-order valence-corrected chi connectivity index (χ1v) is 6.90. The van der Waals surface area contributed by atoms with Crippen LogP contribution in [0.15, 0.2) is 36.4 Å². The van der Waals surface area contributed by atoms with E-state index >= 15 is 0 Å². The first-order chi connectivity index (χ1) is 10.0. The van der Waals surface area contributed by atoms with Crippen molar-refractivity contribution in [2.24, 2.45) is 0 Å². The van der Waals surface area contributed by atoms with Crippen LogP contribution < -0.4 is 10.1 Å². The summed E-state index contributed by atoms with van der Waals surface area (Å²) in [4.78, 5) is 0. The van der Waals surface area contributed by atoms with Gasteiger partial charge in [0.15, 0.2) is 0 Å². The fourth-order valence-electron chi connectivity index (χ4n) is 2.06. The van der Waals surface area contributed by atoms with Crippen LogP contribution in [0.3, 0.4) is 0 Å². The van der Waals surface area contributed by atoms with Gasteiger partial charge in [-0.1, -0.05) is 23.2 Å². The molecule has 5 heteroatoms. The van der Waals surface area contributed by atoms with Gasteiger partial charge in [0.2, 0.25) is 0 Å². The third-order valence-corrected chi connectivity index (χ3v) is 3.39. The van der Waals surface area contributed by atoms with Crippen LogP contribution in [0.25, 0.3) is 0 Å². The maximum absolute atomic E-state index is 13.6. The Hall–Kier alpha value is -1.78. The van der Waals surface area contributed by atoms with Gasteiger partial charge in [-0.15, -0.1) is 0 Å². The number of nitrogens with one attached hydrogen (secondary N) is 1. The van der Waals surface area contributed by atoms with Crippen molar-refractivity contribution in [3.8, 4) is 5.75 Å². The monoisotopic (exact) mass is 309 g/mol. The fourth-order valence-corrected chi connectivity index (χ4v) is 2.24. The van der Waals surface area contributed by atoms with Crippen LogP contribution in [0.5, 0.6) is 5.75 Å². The molecule has 3 nitrogen and oxygen atoms in total. The standard InChI is InChI=1S/C16H17ClFNO2/c1-10-3-6-16(21-2)12(7-10)15(20)9-19-14-8-11(17)4-5-13(14)18/h3-8,15,19-20H,9H2,1-2H3. The normalized spacial score (nSPS) is 12.0. The summed E-state index contributed by atoms with van der Waals surface area (Å²) in [6.45, 7) is 2.08. The number of methoxy groups -OCH3 is 1. The zero-order valence-corrected chi connectivity index (χ0v) is 12.6. The largest absolute Gasteiger partial charge is 0.496 e. The topological polar surface area (TPSA) is 41.5 Å². The number of benzene rings is 2. The van der Waals surface area contributed by atoms with Crippen molar-refractivity contribution < 1.29 is 14.2 Å². The van der Waals surface area contributed by atoms with E-state index in [9.17, 15) is 9.50 Å². The maximum atomic E-state index is 13.6. The van der Waals surface area contributed by atoms with Gasteiger partial charge in [0, 0.05) is 17.1 Å². The Morgan fingerprint density at radius 3 is 2.76 bits per heavy atom.